The van der Waals surface area contributed by atoms with Crippen molar-refractivity contribution in [1.82, 2.24) is 9.88 Å². The second kappa shape index (κ2) is 7.34. The van der Waals surface area contributed by atoms with Gasteiger partial charge in [-0.25, -0.2) is 0 Å². The molecule has 1 N–H and O–H groups in total. The first-order valence-corrected chi connectivity index (χ1v) is 9.10. The van der Waals surface area contributed by atoms with Crippen LogP contribution in [0.25, 0.3) is 0 Å². The Balaban J connectivity index is 1.75. The zero-order chi connectivity index (χ0) is 17.1. The molecule has 1 aliphatic heterocycles. The molecule has 126 valence electrons. The number of aryl methyl sites for hydroxylation is 1. The van der Waals surface area contributed by atoms with E-state index >= 15 is 0 Å². The molecular weight excluding hydrogens is 366 g/mol. The summed E-state index contributed by atoms with van der Waals surface area (Å²) in [6.45, 7) is 5.96. The van der Waals surface area contributed by atoms with Gasteiger partial charge in [-0.1, -0.05) is 13.0 Å². The van der Waals surface area contributed by atoms with Crippen LogP contribution in [0.1, 0.15) is 35.7 Å². The minimum absolute atomic E-state index is 0.0704. The third kappa shape index (κ3) is 3.96. The van der Waals surface area contributed by atoms with E-state index in [2.05, 4.69) is 46.1 Å². The van der Waals surface area contributed by atoms with Gasteiger partial charge in [0, 0.05) is 23.8 Å². The summed E-state index contributed by atoms with van der Waals surface area (Å²) < 4.78 is 0.990. The molecule has 2 aromatic rings. The fraction of sp³-hybridized carbons (Fsp3) is 0.368. The Hall–Kier alpha value is -1.88. The first-order valence-electron chi connectivity index (χ1n) is 8.30. The van der Waals surface area contributed by atoms with E-state index in [-0.39, 0.29) is 5.91 Å². The Labute approximate surface area is 151 Å². The van der Waals surface area contributed by atoms with E-state index in [0.717, 1.165) is 41.8 Å². The highest BCUT2D eigenvalue weighted by Crippen LogP contribution is 2.27. The van der Waals surface area contributed by atoms with Crippen molar-refractivity contribution in [3.63, 3.8) is 0 Å². The van der Waals surface area contributed by atoms with Crippen LogP contribution in [0.15, 0.2) is 41.1 Å². The van der Waals surface area contributed by atoms with Crippen LogP contribution in [0.2, 0.25) is 0 Å². The highest BCUT2D eigenvalue weighted by molar-refractivity contribution is 9.10. The van der Waals surface area contributed by atoms with Crippen LogP contribution in [0.4, 0.5) is 11.4 Å². The molecule has 0 aliphatic carbocycles. The molecule has 2 heterocycles. The minimum atomic E-state index is 0.0704. The number of carbonyl (C=O) groups is 1. The molecule has 4 nitrogen and oxygen atoms in total. The van der Waals surface area contributed by atoms with Crippen molar-refractivity contribution in [2.24, 2.45) is 5.92 Å². The molecule has 0 saturated carbocycles. The van der Waals surface area contributed by atoms with Crippen LogP contribution >= 0.6 is 15.9 Å². The molecular formula is C19H22BrN3O. The number of anilines is 2. The number of amides is 1. The second-order valence-corrected chi connectivity index (χ2v) is 7.40. The zero-order valence-corrected chi connectivity index (χ0v) is 15.6. The molecule has 1 aromatic carbocycles. The predicted octanol–water partition coefficient (Wildman–Crippen LogP) is 4.77. The maximum absolute atomic E-state index is 12.7. The van der Waals surface area contributed by atoms with Crippen LogP contribution in [0, 0.1) is 12.8 Å². The lowest BCUT2D eigenvalue weighted by atomic mass is 9.99. The molecule has 0 bridgehead atoms. The number of benzene rings is 1. The first-order chi connectivity index (χ1) is 11.5. The van der Waals surface area contributed by atoms with Crippen LogP contribution in [-0.4, -0.2) is 28.9 Å². The van der Waals surface area contributed by atoms with Crippen molar-refractivity contribution in [2.45, 2.75) is 26.7 Å². The standard InChI is InChI=1S/C19H22BrN3O/c1-13-5-7-23(8-6-13)19(24)15-10-16(12-21-11-15)22-18-4-3-14(2)9-17(18)20/h3-4,9-13,22H,5-8H2,1-2H3. The summed E-state index contributed by atoms with van der Waals surface area (Å²) in [7, 11) is 0. The Kier molecular flexibility index (Phi) is 5.19. The number of carbonyl (C=O) groups excluding carboxylic acids is 1. The molecule has 3 rings (SSSR count). The Morgan fingerprint density at radius 1 is 1.25 bits per heavy atom. The Bertz CT molecular complexity index is 739. The molecule has 0 unspecified atom stereocenters. The van der Waals surface area contributed by atoms with Crippen LogP contribution in [-0.2, 0) is 0 Å². The van der Waals surface area contributed by atoms with Crippen molar-refractivity contribution in [2.75, 3.05) is 18.4 Å². The maximum atomic E-state index is 12.7. The zero-order valence-electron chi connectivity index (χ0n) is 14.1. The highest BCUT2D eigenvalue weighted by atomic mass is 79.9. The van der Waals surface area contributed by atoms with Gasteiger partial charge in [0.25, 0.3) is 5.91 Å². The number of hydrogen-bond acceptors (Lipinski definition) is 3. The van der Waals surface area contributed by atoms with E-state index in [4.69, 9.17) is 0 Å². The SMILES string of the molecule is Cc1ccc(Nc2cncc(C(=O)N3CCC(C)CC3)c2)c(Br)c1. The summed E-state index contributed by atoms with van der Waals surface area (Å²) in [5.74, 6) is 0.778. The Morgan fingerprint density at radius 3 is 2.71 bits per heavy atom. The summed E-state index contributed by atoms with van der Waals surface area (Å²) in [5, 5.41) is 3.32. The maximum Gasteiger partial charge on any atom is 0.255 e. The number of rotatable bonds is 3. The molecule has 0 radical (unpaired) electrons. The molecule has 1 saturated heterocycles. The van der Waals surface area contributed by atoms with Gasteiger partial charge in [0.1, 0.15) is 0 Å². The monoisotopic (exact) mass is 387 g/mol. The number of halogens is 1. The summed E-state index contributed by atoms with van der Waals surface area (Å²) in [6.07, 6.45) is 5.54. The number of nitrogens with one attached hydrogen (secondary N) is 1. The second-order valence-electron chi connectivity index (χ2n) is 6.55. The van der Waals surface area contributed by atoms with E-state index in [0.29, 0.717) is 11.5 Å². The van der Waals surface area contributed by atoms with E-state index in [1.807, 2.05) is 23.1 Å². The van der Waals surface area contributed by atoms with Gasteiger partial charge in [-0.3, -0.25) is 9.78 Å². The molecule has 1 aliphatic rings. The lowest BCUT2D eigenvalue weighted by molar-refractivity contribution is 0.0697. The van der Waals surface area contributed by atoms with Gasteiger partial charge < -0.3 is 10.2 Å². The lowest BCUT2D eigenvalue weighted by Crippen LogP contribution is -2.37. The van der Waals surface area contributed by atoms with E-state index in [1.165, 1.54) is 5.56 Å². The van der Waals surface area contributed by atoms with Gasteiger partial charge in [0.15, 0.2) is 0 Å². The number of pyridine rings is 1. The van der Waals surface area contributed by atoms with E-state index in [1.54, 1.807) is 12.4 Å². The largest absolute Gasteiger partial charge is 0.353 e. The third-order valence-corrected chi connectivity index (χ3v) is 5.12. The highest BCUT2D eigenvalue weighted by Gasteiger charge is 2.21. The Morgan fingerprint density at radius 2 is 2.00 bits per heavy atom. The first kappa shape index (κ1) is 17.0. The van der Waals surface area contributed by atoms with Gasteiger partial charge in [0.2, 0.25) is 0 Å². The van der Waals surface area contributed by atoms with Crippen LogP contribution in [0.5, 0.6) is 0 Å². The van der Waals surface area contributed by atoms with Crippen LogP contribution in [0.3, 0.4) is 0 Å². The van der Waals surface area contributed by atoms with Crippen molar-refractivity contribution < 1.29 is 4.79 Å². The number of nitrogens with zero attached hydrogens (tertiary/aromatic N) is 2. The molecule has 1 aromatic heterocycles. The number of likely N-dealkylation sites (tertiary alicyclic amines) is 1. The van der Waals surface area contributed by atoms with Crippen molar-refractivity contribution in [3.8, 4) is 0 Å². The van der Waals surface area contributed by atoms with Crippen molar-refractivity contribution in [3.05, 3.63) is 52.3 Å². The molecule has 0 spiro atoms. The van der Waals surface area contributed by atoms with Crippen LogP contribution < -0.4 is 5.32 Å². The quantitative estimate of drug-likeness (QED) is 0.824. The molecule has 0 atom stereocenters. The van der Waals surface area contributed by atoms with E-state index in [9.17, 15) is 4.79 Å². The average molecular weight is 388 g/mol. The third-order valence-electron chi connectivity index (χ3n) is 4.46. The fourth-order valence-corrected chi connectivity index (χ4v) is 3.49. The summed E-state index contributed by atoms with van der Waals surface area (Å²) in [5.41, 5.74) is 3.60. The summed E-state index contributed by atoms with van der Waals surface area (Å²) in [4.78, 5) is 18.8. The molecule has 24 heavy (non-hydrogen) atoms. The smallest absolute Gasteiger partial charge is 0.255 e. The van der Waals surface area contributed by atoms with Gasteiger partial charge in [-0.15, -0.1) is 0 Å². The predicted molar refractivity (Wildman–Crippen MR) is 101 cm³/mol. The topological polar surface area (TPSA) is 45.2 Å². The normalized spacial score (nSPS) is 15.4. The van der Waals surface area contributed by atoms with Crippen molar-refractivity contribution >= 4 is 33.2 Å². The van der Waals surface area contributed by atoms with Gasteiger partial charge in [0.05, 0.1) is 23.1 Å². The van der Waals surface area contributed by atoms with Crippen molar-refractivity contribution in [1.29, 1.82) is 0 Å². The molecule has 1 amide bonds. The lowest BCUT2D eigenvalue weighted by Gasteiger charge is -2.30. The molecule has 5 heteroatoms. The van der Waals surface area contributed by atoms with E-state index < -0.39 is 0 Å². The minimum Gasteiger partial charge on any atom is -0.353 e. The number of hydrogen-bond donors (Lipinski definition) is 1. The van der Waals surface area contributed by atoms with Gasteiger partial charge >= 0.3 is 0 Å². The molecule has 1 fully saturated rings. The average Bonchev–Trinajstić information content (AvgIpc) is 2.58. The number of aromatic nitrogens is 1. The summed E-state index contributed by atoms with van der Waals surface area (Å²) >= 11 is 3.56. The van der Waals surface area contributed by atoms with Gasteiger partial charge in [-0.2, -0.15) is 0 Å². The number of piperidine rings is 1. The fourth-order valence-electron chi connectivity index (χ4n) is 2.90. The summed E-state index contributed by atoms with van der Waals surface area (Å²) in [6, 6.07) is 7.99. The van der Waals surface area contributed by atoms with Gasteiger partial charge in [-0.05, 0) is 65.4 Å².